The van der Waals surface area contributed by atoms with Crippen LogP contribution in [0.4, 0.5) is 0 Å². The molecule has 1 aromatic rings. The zero-order valence-electron chi connectivity index (χ0n) is 10.2. The van der Waals surface area contributed by atoms with Crippen LogP contribution in [0, 0.1) is 5.92 Å². The maximum absolute atomic E-state index is 10.8. The van der Waals surface area contributed by atoms with E-state index in [1.165, 1.54) is 31.2 Å². The van der Waals surface area contributed by atoms with E-state index in [1.807, 2.05) is 6.07 Å². The molecule has 0 heterocycles. The van der Waals surface area contributed by atoms with Crippen molar-refractivity contribution in [1.82, 2.24) is 0 Å². The molecule has 1 aliphatic carbocycles. The molecule has 0 bridgehead atoms. The van der Waals surface area contributed by atoms with Crippen LogP contribution < -0.4 is 0 Å². The van der Waals surface area contributed by atoms with E-state index in [4.69, 9.17) is 0 Å². The third kappa shape index (κ3) is 2.46. The first-order valence-electron chi connectivity index (χ1n) is 6.51. The van der Waals surface area contributed by atoms with Crippen molar-refractivity contribution in [3.63, 3.8) is 0 Å². The Hall–Kier alpha value is -0.820. The quantitative estimate of drug-likeness (QED) is 0.819. The van der Waals surface area contributed by atoms with Crippen LogP contribution in [-0.4, -0.2) is 10.7 Å². The fourth-order valence-electron chi connectivity index (χ4n) is 2.97. The average Bonchev–Trinajstić information content (AvgIpc) is 2.84. The van der Waals surface area contributed by atoms with Gasteiger partial charge < -0.3 is 5.11 Å². The highest BCUT2D eigenvalue weighted by Crippen LogP contribution is 2.38. The maximum Gasteiger partial charge on any atom is 0.0713 e. The number of aliphatic hydroxyl groups is 1. The minimum absolute atomic E-state index is 0.474. The van der Waals surface area contributed by atoms with Crippen molar-refractivity contribution in [2.75, 3.05) is 0 Å². The normalized spacial score (nSPS) is 20.9. The second kappa shape index (κ2) is 5.01. The summed E-state index contributed by atoms with van der Waals surface area (Å²) in [5.41, 5.74) is 0.788. The van der Waals surface area contributed by atoms with Crippen molar-refractivity contribution in [3.05, 3.63) is 35.9 Å². The molecule has 1 fully saturated rings. The van der Waals surface area contributed by atoms with Gasteiger partial charge in [-0.3, -0.25) is 0 Å². The second-order valence-corrected chi connectivity index (χ2v) is 5.10. The number of benzene rings is 1. The van der Waals surface area contributed by atoms with Gasteiger partial charge in [-0.05, 0) is 30.7 Å². The van der Waals surface area contributed by atoms with E-state index in [-0.39, 0.29) is 0 Å². The lowest BCUT2D eigenvalue weighted by molar-refractivity contribution is -0.0196. The van der Waals surface area contributed by atoms with Crippen LogP contribution in [0.25, 0.3) is 0 Å². The van der Waals surface area contributed by atoms with Crippen molar-refractivity contribution < 1.29 is 5.11 Å². The Morgan fingerprint density at radius 1 is 1.19 bits per heavy atom. The van der Waals surface area contributed by atoms with E-state index in [1.54, 1.807) is 0 Å². The summed E-state index contributed by atoms with van der Waals surface area (Å²) in [6, 6.07) is 10.4. The summed E-state index contributed by atoms with van der Waals surface area (Å²) in [6.45, 7) is 2.11. The van der Waals surface area contributed by atoms with Gasteiger partial charge in [-0.1, -0.05) is 50.1 Å². The van der Waals surface area contributed by atoms with Crippen molar-refractivity contribution in [2.45, 2.75) is 51.0 Å². The van der Waals surface area contributed by atoms with Crippen molar-refractivity contribution >= 4 is 0 Å². The Labute approximate surface area is 98.5 Å². The molecular weight excluding hydrogens is 196 g/mol. The molecule has 1 heteroatoms. The predicted octanol–water partition coefficient (Wildman–Crippen LogP) is 3.56. The number of hydrogen-bond donors (Lipinski definition) is 1. The van der Waals surface area contributed by atoms with Gasteiger partial charge in [0.05, 0.1) is 5.60 Å². The van der Waals surface area contributed by atoms with Crippen molar-refractivity contribution in [3.8, 4) is 0 Å². The molecule has 1 aromatic carbocycles. The monoisotopic (exact) mass is 218 g/mol. The Morgan fingerprint density at radius 2 is 1.81 bits per heavy atom. The zero-order valence-corrected chi connectivity index (χ0v) is 10.2. The minimum Gasteiger partial charge on any atom is -0.389 e. The van der Waals surface area contributed by atoms with Gasteiger partial charge in [-0.2, -0.15) is 0 Å². The van der Waals surface area contributed by atoms with Crippen molar-refractivity contribution in [2.24, 2.45) is 5.92 Å². The lowest BCUT2D eigenvalue weighted by Crippen LogP contribution is -2.38. The van der Waals surface area contributed by atoms with Crippen molar-refractivity contribution in [1.29, 1.82) is 0 Å². The van der Waals surface area contributed by atoms with Gasteiger partial charge in [0, 0.05) is 6.42 Å². The molecule has 0 radical (unpaired) electrons. The Bertz CT molecular complexity index is 313. The van der Waals surface area contributed by atoms with Crippen LogP contribution in [-0.2, 0) is 6.42 Å². The molecule has 0 amide bonds. The van der Waals surface area contributed by atoms with Crippen LogP contribution in [0.3, 0.4) is 0 Å². The molecule has 0 spiro atoms. The third-order valence-electron chi connectivity index (χ3n) is 4.08. The third-order valence-corrected chi connectivity index (χ3v) is 4.08. The number of hydrogen-bond acceptors (Lipinski definition) is 1. The second-order valence-electron chi connectivity index (χ2n) is 5.10. The van der Waals surface area contributed by atoms with Crippen LogP contribution in [0.5, 0.6) is 0 Å². The largest absolute Gasteiger partial charge is 0.389 e. The molecule has 0 saturated heterocycles. The molecule has 88 valence electrons. The summed E-state index contributed by atoms with van der Waals surface area (Å²) < 4.78 is 0. The summed E-state index contributed by atoms with van der Waals surface area (Å²) in [4.78, 5) is 0. The standard InChI is InChI=1S/C15H22O/c1-2-15(16,14-10-6-7-11-14)12-13-8-4-3-5-9-13/h3-5,8-9,14,16H,2,6-7,10-12H2,1H3/t15-/m0/s1. The molecule has 0 unspecified atom stereocenters. The number of rotatable bonds is 4. The molecule has 1 saturated carbocycles. The van der Waals surface area contributed by atoms with E-state index in [2.05, 4.69) is 31.2 Å². The Morgan fingerprint density at radius 3 is 2.38 bits per heavy atom. The van der Waals surface area contributed by atoms with Gasteiger partial charge in [0.15, 0.2) is 0 Å². The molecule has 1 aliphatic rings. The molecule has 0 aromatic heterocycles. The summed E-state index contributed by atoms with van der Waals surface area (Å²) >= 11 is 0. The van der Waals surface area contributed by atoms with Gasteiger partial charge in [0.25, 0.3) is 0 Å². The van der Waals surface area contributed by atoms with Crippen LogP contribution >= 0.6 is 0 Å². The van der Waals surface area contributed by atoms with Crippen LogP contribution in [0.15, 0.2) is 30.3 Å². The highest BCUT2D eigenvalue weighted by Gasteiger charge is 2.36. The SMILES string of the molecule is CC[C@](O)(Cc1ccccc1)C1CCCC1. The molecule has 0 aliphatic heterocycles. The van der Waals surface area contributed by atoms with Crippen LogP contribution in [0.2, 0.25) is 0 Å². The molecular formula is C15H22O. The Balaban J connectivity index is 2.09. The van der Waals surface area contributed by atoms with E-state index in [9.17, 15) is 5.11 Å². The first-order valence-corrected chi connectivity index (χ1v) is 6.51. The average molecular weight is 218 g/mol. The van der Waals surface area contributed by atoms with Gasteiger partial charge in [-0.15, -0.1) is 0 Å². The smallest absolute Gasteiger partial charge is 0.0713 e. The fourth-order valence-corrected chi connectivity index (χ4v) is 2.97. The molecule has 16 heavy (non-hydrogen) atoms. The van der Waals surface area contributed by atoms with Crippen LogP contribution in [0.1, 0.15) is 44.6 Å². The molecule has 1 nitrogen and oxygen atoms in total. The molecule has 1 atom stereocenters. The van der Waals surface area contributed by atoms with E-state index >= 15 is 0 Å². The van der Waals surface area contributed by atoms with Gasteiger partial charge >= 0.3 is 0 Å². The predicted molar refractivity (Wildman–Crippen MR) is 67.3 cm³/mol. The molecule has 1 N–H and O–H groups in total. The van der Waals surface area contributed by atoms with Gasteiger partial charge in [0.2, 0.25) is 0 Å². The Kier molecular flexibility index (Phi) is 3.65. The van der Waals surface area contributed by atoms with E-state index < -0.39 is 5.60 Å². The fraction of sp³-hybridized carbons (Fsp3) is 0.600. The lowest BCUT2D eigenvalue weighted by Gasteiger charge is -2.33. The summed E-state index contributed by atoms with van der Waals surface area (Å²) in [5, 5.41) is 10.8. The summed E-state index contributed by atoms with van der Waals surface area (Å²) in [7, 11) is 0. The topological polar surface area (TPSA) is 20.2 Å². The summed E-state index contributed by atoms with van der Waals surface area (Å²) in [6.07, 6.45) is 6.68. The van der Waals surface area contributed by atoms with E-state index in [0.717, 1.165) is 12.8 Å². The first kappa shape index (κ1) is 11.7. The first-order chi connectivity index (χ1) is 7.74. The highest BCUT2D eigenvalue weighted by molar-refractivity contribution is 5.17. The lowest BCUT2D eigenvalue weighted by atomic mass is 9.79. The van der Waals surface area contributed by atoms with Gasteiger partial charge in [0.1, 0.15) is 0 Å². The van der Waals surface area contributed by atoms with Gasteiger partial charge in [-0.25, -0.2) is 0 Å². The minimum atomic E-state index is -0.474. The zero-order chi connectivity index (χ0) is 11.4. The highest BCUT2D eigenvalue weighted by atomic mass is 16.3. The van der Waals surface area contributed by atoms with E-state index in [0.29, 0.717) is 5.92 Å². The molecule has 2 rings (SSSR count). The maximum atomic E-state index is 10.8. The summed E-state index contributed by atoms with van der Waals surface area (Å²) in [5.74, 6) is 0.512.